The Balaban J connectivity index is 2.04. The molecule has 82 valence electrons. The van der Waals surface area contributed by atoms with Crippen LogP contribution in [0.3, 0.4) is 0 Å². The summed E-state index contributed by atoms with van der Waals surface area (Å²) in [5, 5.41) is 24.7. The van der Waals surface area contributed by atoms with E-state index in [1.165, 1.54) is 0 Å². The zero-order valence-electron chi connectivity index (χ0n) is 8.23. The van der Waals surface area contributed by atoms with Crippen LogP contribution in [0.2, 0.25) is 0 Å². The van der Waals surface area contributed by atoms with Crippen LogP contribution in [0.4, 0.5) is 0 Å². The first-order chi connectivity index (χ1) is 7.26. The Labute approximate surface area is 86.3 Å². The summed E-state index contributed by atoms with van der Waals surface area (Å²) in [6, 6.07) is 0. The topological polar surface area (TPSA) is 104 Å². The van der Waals surface area contributed by atoms with Crippen molar-refractivity contribution in [1.29, 1.82) is 0 Å². The van der Waals surface area contributed by atoms with Crippen LogP contribution < -0.4 is 5.32 Å². The predicted molar refractivity (Wildman–Crippen MR) is 49.9 cm³/mol. The lowest BCUT2D eigenvalue weighted by Gasteiger charge is -2.26. The maximum absolute atomic E-state index is 11.6. The first-order valence-corrected chi connectivity index (χ1v) is 4.93. The minimum atomic E-state index is -0.488. The quantitative estimate of drug-likeness (QED) is 0.609. The number of H-pyrrole nitrogens is 1. The Morgan fingerprint density at radius 2 is 2.27 bits per heavy atom. The van der Waals surface area contributed by atoms with Crippen LogP contribution >= 0.6 is 0 Å². The fourth-order valence-corrected chi connectivity index (χ4v) is 1.93. The summed E-state index contributed by atoms with van der Waals surface area (Å²) in [7, 11) is 0. The van der Waals surface area contributed by atoms with Gasteiger partial charge in [0.2, 0.25) is 0 Å². The highest BCUT2D eigenvalue weighted by Crippen LogP contribution is 2.29. The zero-order valence-corrected chi connectivity index (χ0v) is 8.23. The van der Waals surface area contributed by atoms with Gasteiger partial charge in [0.05, 0.1) is 12.1 Å². The Bertz CT molecular complexity index is 331. The highest BCUT2D eigenvalue weighted by molar-refractivity contribution is 5.90. The molecule has 0 spiro atoms. The number of aromatic nitrogens is 4. The molecule has 1 heterocycles. The van der Waals surface area contributed by atoms with Crippen molar-refractivity contribution in [2.75, 3.05) is 6.61 Å². The smallest absolute Gasteiger partial charge is 0.293 e. The largest absolute Gasteiger partial charge is 0.394 e. The van der Waals surface area contributed by atoms with Gasteiger partial charge in [-0.2, -0.15) is 5.21 Å². The van der Waals surface area contributed by atoms with Crippen LogP contribution in [-0.2, 0) is 0 Å². The summed E-state index contributed by atoms with van der Waals surface area (Å²) in [5.41, 5.74) is -0.488. The average molecular weight is 211 g/mol. The van der Waals surface area contributed by atoms with Gasteiger partial charge in [0, 0.05) is 0 Å². The molecule has 1 amide bonds. The van der Waals surface area contributed by atoms with Gasteiger partial charge in [-0.15, -0.1) is 10.2 Å². The number of carbonyl (C=O) groups is 1. The molecule has 15 heavy (non-hydrogen) atoms. The molecule has 0 bridgehead atoms. The number of amides is 1. The number of aliphatic hydroxyl groups excluding tert-OH is 1. The maximum atomic E-state index is 11.6. The summed E-state index contributed by atoms with van der Waals surface area (Å²) in [4.78, 5) is 11.6. The Kier molecular flexibility index (Phi) is 2.63. The van der Waals surface area contributed by atoms with E-state index in [1.807, 2.05) is 0 Å². The minimum absolute atomic E-state index is 0.00900. The highest BCUT2D eigenvalue weighted by atomic mass is 16.3. The van der Waals surface area contributed by atoms with Crippen molar-refractivity contribution in [2.24, 2.45) is 0 Å². The third-order valence-corrected chi connectivity index (χ3v) is 2.79. The number of nitrogens with zero attached hydrogens (tertiary/aromatic N) is 3. The second kappa shape index (κ2) is 3.93. The van der Waals surface area contributed by atoms with Crippen molar-refractivity contribution in [3.05, 3.63) is 5.82 Å². The van der Waals surface area contributed by atoms with Crippen molar-refractivity contribution in [1.82, 2.24) is 25.9 Å². The highest BCUT2D eigenvalue weighted by Gasteiger charge is 2.35. The number of nitrogens with one attached hydrogen (secondary N) is 2. The minimum Gasteiger partial charge on any atom is -0.394 e. The number of tetrazole rings is 1. The molecular formula is C8H13N5O2. The van der Waals surface area contributed by atoms with Crippen molar-refractivity contribution in [3.63, 3.8) is 0 Å². The molecule has 0 radical (unpaired) electrons. The lowest BCUT2D eigenvalue weighted by atomic mass is 9.99. The molecule has 1 aromatic heterocycles. The average Bonchev–Trinajstić information content (AvgIpc) is 2.88. The molecule has 7 heteroatoms. The van der Waals surface area contributed by atoms with Crippen LogP contribution in [0.15, 0.2) is 0 Å². The molecule has 2 rings (SSSR count). The molecule has 3 N–H and O–H groups in total. The van der Waals surface area contributed by atoms with E-state index in [1.54, 1.807) is 0 Å². The normalized spacial score (nSPS) is 19.0. The Morgan fingerprint density at radius 1 is 1.53 bits per heavy atom. The third kappa shape index (κ3) is 1.96. The van der Waals surface area contributed by atoms with E-state index in [4.69, 9.17) is 0 Å². The molecule has 1 aliphatic rings. The van der Waals surface area contributed by atoms with Gasteiger partial charge < -0.3 is 10.4 Å². The summed E-state index contributed by atoms with van der Waals surface area (Å²) in [6.07, 6.45) is 3.64. The van der Waals surface area contributed by atoms with Gasteiger partial charge in [-0.1, -0.05) is 12.8 Å². The third-order valence-electron chi connectivity index (χ3n) is 2.79. The summed E-state index contributed by atoms with van der Waals surface area (Å²) >= 11 is 0. The van der Waals surface area contributed by atoms with Gasteiger partial charge in [0.15, 0.2) is 0 Å². The van der Waals surface area contributed by atoms with E-state index < -0.39 is 5.54 Å². The first-order valence-electron chi connectivity index (χ1n) is 4.93. The standard InChI is InChI=1S/C8H13N5O2/c14-5-8(3-1-2-4-8)9-7(15)6-10-12-13-11-6/h14H,1-5H2,(H,9,15)(H,10,11,12,13). The summed E-state index contributed by atoms with van der Waals surface area (Å²) < 4.78 is 0. The van der Waals surface area contributed by atoms with Gasteiger partial charge in [0.25, 0.3) is 11.7 Å². The Morgan fingerprint density at radius 3 is 2.80 bits per heavy atom. The maximum Gasteiger partial charge on any atom is 0.293 e. The van der Waals surface area contributed by atoms with Crippen LogP contribution in [-0.4, -0.2) is 43.8 Å². The van der Waals surface area contributed by atoms with Crippen LogP contribution in [0.25, 0.3) is 0 Å². The van der Waals surface area contributed by atoms with E-state index in [-0.39, 0.29) is 18.3 Å². The van der Waals surface area contributed by atoms with Gasteiger partial charge >= 0.3 is 0 Å². The lowest BCUT2D eigenvalue weighted by Crippen LogP contribution is -2.49. The van der Waals surface area contributed by atoms with E-state index in [0.29, 0.717) is 0 Å². The van der Waals surface area contributed by atoms with Crippen molar-refractivity contribution in [3.8, 4) is 0 Å². The van der Waals surface area contributed by atoms with E-state index in [0.717, 1.165) is 25.7 Å². The fraction of sp³-hybridized carbons (Fsp3) is 0.750. The first kappa shape index (κ1) is 10.0. The number of aromatic amines is 1. The molecule has 1 fully saturated rings. The van der Waals surface area contributed by atoms with Gasteiger partial charge in [-0.05, 0) is 18.1 Å². The molecule has 0 unspecified atom stereocenters. The molecule has 0 atom stereocenters. The second-order valence-corrected chi connectivity index (χ2v) is 3.84. The molecule has 1 aromatic rings. The fourth-order valence-electron chi connectivity index (χ4n) is 1.93. The number of rotatable bonds is 3. The Hall–Kier alpha value is -1.50. The summed E-state index contributed by atoms with van der Waals surface area (Å²) in [6.45, 7) is -0.0450. The van der Waals surface area contributed by atoms with E-state index >= 15 is 0 Å². The van der Waals surface area contributed by atoms with Crippen molar-refractivity contribution >= 4 is 5.91 Å². The molecular weight excluding hydrogens is 198 g/mol. The number of carbonyl (C=O) groups excluding carboxylic acids is 1. The lowest BCUT2D eigenvalue weighted by molar-refractivity contribution is 0.0828. The van der Waals surface area contributed by atoms with Crippen molar-refractivity contribution < 1.29 is 9.90 Å². The molecule has 1 saturated carbocycles. The van der Waals surface area contributed by atoms with Crippen molar-refractivity contribution in [2.45, 2.75) is 31.2 Å². The molecule has 1 aliphatic carbocycles. The predicted octanol–water partition coefficient (Wildman–Crippen LogP) is -0.765. The molecule has 0 aliphatic heterocycles. The molecule has 0 aromatic carbocycles. The van der Waals surface area contributed by atoms with Crippen LogP contribution in [0.1, 0.15) is 36.3 Å². The molecule has 7 nitrogen and oxygen atoms in total. The van der Waals surface area contributed by atoms with Gasteiger partial charge in [0.1, 0.15) is 0 Å². The number of aliphatic hydroxyl groups is 1. The summed E-state index contributed by atoms with van der Waals surface area (Å²) in [5.74, 6) is -0.380. The number of hydrogen-bond donors (Lipinski definition) is 3. The SMILES string of the molecule is O=C(NC1(CO)CCCC1)c1nn[nH]n1. The monoisotopic (exact) mass is 211 g/mol. The van der Waals surface area contributed by atoms with E-state index in [2.05, 4.69) is 25.9 Å². The van der Waals surface area contributed by atoms with Crippen LogP contribution in [0, 0.1) is 0 Å². The van der Waals surface area contributed by atoms with E-state index in [9.17, 15) is 9.90 Å². The van der Waals surface area contributed by atoms with Gasteiger partial charge in [-0.3, -0.25) is 4.79 Å². The van der Waals surface area contributed by atoms with Crippen LogP contribution in [0.5, 0.6) is 0 Å². The zero-order chi connectivity index (χ0) is 10.7. The van der Waals surface area contributed by atoms with Gasteiger partial charge in [-0.25, -0.2) is 0 Å². The second-order valence-electron chi connectivity index (χ2n) is 3.84. The molecule has 0 saturated heterocycles. The number of hydrogen-bond acceptors (Lipinski definition) is 5.